The van der Waals surface area contributed by atoms with Crippen molar-refractivity contribution in [3.8, 4) is 0 Å². The molecule has 136 valence electrons. The standard InChI is InChI=1S/C16H20N2O4S3/c1-12(19)18-15-10-14(5-6-16(15)23-2)25(20,21)17-7-9-24-11-13-4-3-8-22-13/h3-6,8,10,17H,7,9,11H2,1-2H3,(H,18,19). The van der Waals surface area contributed by atoms with Crippen LogP contribution in [-0.2, 0) is 20.6 Å². The molecule has 0 aliphatic rings. The number of amides is 1. The molecule has 0 spiro atoms. The first-order valence-electron chi connectivity index (χ1n) is 7.48. The maximum atomic E-state index is 12.4. The normalized spacial score (nSPS) is 11.4. The Labute approximate surface area is 156 Å². The quantitative estimate of drug-likeness (QED) is 0.496. The summed E-state index contributed by atoms with van der Waals surface area (Å²) >= 11 is 3.02. The van der Waals surface area contributed by atoms with E-state index in [9.17, 15) is 13.2 Å². The highest BCUT2D eigenvalue weighted by atomic mass is 32.2. The average Bonchev–Trinajstić information content (AvgIpc) is 3.07. The number of sulfonamides is 1. The Hall–Kier alpha value is -1.42. The third-order valence-electron chi connectivity index (χ3n) is 3.15. The van der Waals surface area contributed by atoms with Crippen LogP contribution < -0.4 is 10.0 Å². The molecule has 0 aliphatic heterocycles. The Bertz CT molecular complexity index is 805. The van der Waals surface area contributed by atoms with Crippen LogP contribution in [0, 0.1) is 0 Å². The third-order valence-corrected chi connectivity index (χ3v) is 6.39. The zero-order valence-electron chi connectivity index (χ0n) is 13.9. The van der Waals surface area contributed by atoms with Gasteiger partial charge < -0.3 is 9.73 Å². The van der Waals surface area contributed by atoms with Gasteiger partial charge in [0.05, 0.1) is 22.6 Å². The molecule has 1 heterocycles. The molecule has 2 rings (SSSR count). The van der Waals surface area contributed by atoms with Crippen molar-refractivity contribution in [2.75, 3.05) is 23.9 Å². The third kappa shape index (κ3) is 6.10. The minimum atomic E-state index is -3.63. The molecule has 1 amide bonds. The molecule has 1 aromatic carbocycles. The van der Waals surface area contributed by atoms with Gasteiger partial charge >= 0.3 is 0 Å². The van der Waals surface area contributed by atoms with Crippen LogP contribution in [0.25, 0.3) is 0 Å². The molecular weight excluding hydrogens is 380 g/mol. The summed E-state index contributed by atoms with van der Waals surface area (Å²) in [6, 6.07) is 8.41. The van der Waals surface area contributed by atoms with E-state index < -0.39 is 10.0 Å². The van der Waals surface area contributed by atoms with Gasteiger partial charge in [0, 0.05) is 24.1 Å². The highest BCUT2D eigenvalue weighted by molar-refractivity contribution is 7.99. The molecule has 0 unspecified atom stereocenters. The van der Waals surface area contributed by atoms with E-state index in [-0.39, 0.29) is 10.8 Å². The molecular formula is C16H20N2O4S3. The summed E-state index contributed by atoms with van der Waals surface area (Å²) in [5.74, 6) is 1.94. The number of benzene rings is 1. The van der Waals surface area contributed by atoms with Crippen molar-refractivity contribution in [1.29, 1.82) is 0 Å². The minimum absolute atomic E-state index is 0.130. The zero-order chi connectivity index (χ0) is 18.3. The van der Waals surface area contributed by atoms with Gasteiger partial charge in [0.25, 0.3) is 0 Å². The predicted octanol–water partition coefficient (Wildman–Crippen LogP) is 3.17. The molecule has 0 saturated heterocycles. The lowest BCUT2D eigenvalue weighted by Crippen LogP contribution is -2.26. The van der Waals surface area contributed by atoms with Crippen molar-refractivity contribution < 1.29 is 17.6 Å². The Morgan fingerprint density at radius 3 is 2.72 bits per heavy atom. The fourth-order valence-corrected chi connectivity index (χ4v) is 4.52. The number of carbonyl (C=O) groups excluding carboxylic acids is 1. The number of furan rings is 1. The van der Waals surface area contributed by atoms with Gasteiger partial charge in [-0.15, -0.1) is 11.8 Å². The van der Waals surface area contributed by atoms with Crippen LogP contribution in [0.5, 0.6) is 0 Å². The Kier molecular flexibility index (Phi) is 7.42. The van der Waals surface area contributed by atoms with E-state index in [1.165, 1.54) is 30.8 Å². The summed E-state index contributed by atoms with van der Waals surface area (Å²) in [6.07, 6.45) is 3.48. The summed E-state index contributed by atoms with van der Waals surface area (Å²) in [6.45, 7) is 1.70. The summed E-state index contributed by atoms with van der Waals surface area (Å²) in [5, 5.41) is 2.66. The van der Waals surface area contributed by atoms with Gasteiger partial charge in [0.1, 0.15) is 5.76 Å². The van der Waals surface area contributed by atoms with Crippen molar-refractivity contribution in [2.24, 2.45) is 0 Å². The largest absolute Gasteiger partial charge is 0.468 e. The first kappa shape index (κ1) is 19.9. The number of hydrogen-bond acceptors (Lipinski definition) is 6. The minimum Gasteiger partial charge on any atom is -0.468 e. The van der Waals surface area contributed by atoms with Crippen molar-refractivity contribution in [3.05, 3.63) is 42.4 Å². The van der Waals surface area contributed by atoms with E-state index in [0.717, 1.165) is 10.7 Å². The number of carbonyl (C=O) groups is 1. The Morgan fingerprint density at radius 2 is 2.08 bits per heavy atom. The topological polar surface area (TPSA) is 88.4 Å². The average molecular weight is 401 g/mol. The molecule has 1 aromatic heterocycles. The molecule has 2 N–H and O–H groups in total. The first-order valence-corrected chi connectivity index (χ1v) is 11.3. The van der Waals surface area contributed by atoms with Crippen molar-refractivity contribution >= 4 is 45.1 Å². The predicted molar refractivity (Wildman–Crippen MR) is 103 cm³/mol. The monoisotopic (exact) mass is 400 g/mol. The molecule has 25 heavy (non-hydrogen) atoms. The van der Waals surface area contributed by atoms with Gasteiger partial charge in [0.2, 0.25) is 15.9 Å². The fourth-order valence-electron chi connectivity index (χ4n) is 2.04. The van der Waals surface area contributed by atoms with Crippen LogP contribution in [0.1, 0.15) is 12.7 Å². The second-order valence-corrected chi connectivity index (χ2v) is 8.79. The smallest absolute Gasteiger partial charge is 0.240 e. The van der Waals surface area contributed by atoms with Gasteiger partial charge in [-0.1, -0.05) is 0 Å². The summed E-state index contributed by atoms with van der Waals surface area (Å²) in [5.41, 5.74) is 0.495. The van der Waals surface area contributed by atoms with Crippen molar-refractivity contribution in [1.82, 2.24) is 4.72 Å². The van der Waals surface area contributed by atoms with Crippen molar-refractivity contribution in [2.45, 2.75) is 22.5 Å². The van der Waals surface area contributed by atoms with Gasteiger partial charge in [0.15, 0.2) is 0 Å². The molecule has 0 atom stereocenters. The van der Waals surface area contributed by atoms with Crippen LogP contribution >= 0.6 is 23.5 Å². The Balaban J connectivity index is 1.94. The highest BCUT2D eigenvalue weighted by Gasteiger charge is 2.16. The van der Waals surface area contributed by atoms with Gasteiger partial charge in [-0.05, 0) is 36.6 Å². The van der Waals surface area contributed by atoms with Gasteiger partial charge in [-0.25, -0.2) is 13.1 Å². The summed E-state index contributed by atoms with van der Waals surface area (Å²) in [7, 11) is -3.63. The fraction of sp³-hybridized carbons (Fsp3) is 0.312. The van der Waals surface area contributed by atoms with E-state index in [4.69, 9.17) is 4.42 Å². The summed E-state index contributed by atoms with van der Waals surface area (Å²) in [4.78, 5) is 12.2. The number of anilines is 1. The van der Waals surface area contributed by atoms with E-state index in [1.807, 2.05) is 18.4 Å². The van der Waals surface area contributed by atoms with Gasteiger partial charge in [-0.2, -0.15) is 11.8 Å². The molecule has 0 radical (unpaired) electrons. The van der Waals surface area contributed by atoms with E-state index >= 15 is 0 Å². The second-order valence-electron chi connectivity index (χ2n) is 5.07. The summed E-state index contributed by atoms with van der Waals surface area (Å²) < 4.78 is 32.6. The maximum Gasteiger partial charge on any atom is 0.240 e. The molecule has 2 aromatic rings. The lowest BCUT2D eigenvalue weighted by Gasteiger charge is -2.11. The van der Waals surface area contributed by atoms with Crippen LogP contribution in [-0.4, -0.2) is 32.9 Å². The molecule has 6 nitrogen and oxygen atoms in total. The molecule has 0 fully saturated rings. The SMILES string of the molecule is CSc1ccc(S(=O)(=O)NCCSCc2ccco2)cc1NC(C)=O. The lowest BCUT2D eigenvalue weighted by molar-refractivity contribution is -0.114. The van der Waals surface area contributed by atoms with E-state index in [0.29, 0.717) is 23.7 Å². The molecule has 9 heteroatoms. The first-order chi connectivity index (χ1) is 11.9. The molecule has 0 aliphatic carbocycles. The number of nitrogens with one attached hydrogen (secondary N) is 2. The number of thioether (sulfide) groups is 2. The maximum absolute atomic E-state index is 12.4. The zero-order valence-corrected chi connectivity index (χ0v) is 16.4. The number of hydrogen-bond donors (Lipinski definition) is 2. The van der Waals surface area contributed by atoms with Crippen LogP contribution in [0.3, 0.4) is 0 Å². The van der Waals surface area contributed by atoms with Gasteiger partial charge in [-0.3, -0.25) is 4.79 Å². The molecule has 0 bridgehead atoms. The number of rotatable bonds is 9. The Morgan fingerprint density at radius 1 is 1.28 bits per heavy atom. The van der Waals surface area contributed by atoms with Crippen molar-refractivity contribution in [3.63, 3.8) is 0 Å². The van der Waals surface area contributed by atoms with Crippen LogP contribution in [0.2, 0.25) is 0 Å². The van der Waals surface area contributed by atoms with Crippen LogP contribution in [0.4, 0.5) is 5.69 Å². The van der Waals surface area contributed by atoms with Crippen LogP contribution in [0.15, 0.2) is 50.8 Å². The molecule has 0 saturated carbocycles. The lowest BCUT2D eigenvalue weighted by atomic mass is 10.3. The van der Waals surface area contributed by atoms with E-state index in [1.54, 1.807) is 24.1 Å². The highest BCUT2D eigenvalue weighted by Crippen LogP contribution is 2.28. The second kappa shape index (κ2) is 9.33. The van der Waals surface area contributed by atoms with E-state index in [2.05, 4.69) is 10.0 Å².